The van der Waals surface area contributed by atoms with Crippen molar-refractivity contribution < 1.29 is 71.8 Å². The van der Waals surface area contributed by atoms with Crippen molar-refractivity contribution >= 4 is 41.8 Å². The number of carbonyl (C=O) groups is 7. The molecule has 15 heteroatoms. The molecular formula is C41H54O15. The predicted octanol–water partition coefficient (Wildman–Crippen LogP) is 4.37. The van der Waals surface area contributed by atoms with Gasteiger partial charge < -0.3 is 38.3 Å². The van der Waals surface area contributed by atoms with Gasteiger partial charge in [-0.05, 0) is 19.1 Å². The Labute approximate surface area is 327 Å². The zero-order chi connectivity index (χ0) is 42.5. The van der Waals surface area contributed by atoms with Gasteiger partial charge in [-0.2, -0.15) is 0 Å². The molecular weight excluding hydrogens is 732 g/mol. The first-order chi connectivity index (χ1) is 25.8. The van der Waals surface area contributed by atoms with Crippen LogP contribution in [0.15, 0.2) is 54.6 Å². The minimum atomic E-state index is -2.38. The van der Waals surface area contributed by atoms with Gasteiger partial charge in [0.15, 0.2) is 24.4 Å². The summed E-state index contributed by atoms with van der Waals surface area (Å²) in [7, 11) is 0. The molecule has 56 heavy (non-hydrogen) atoms. The summed E-state index contributed by atoms with van der Waals surface area (Å²) in [5.41, 5.74) is -5.81. The maximum atomic E-state index is 14.0. The van der Waals surface area contributed by atoms with E-state index in [2.05, 4.69) is 6.58 Å². The second kappa shape index (κ2) is 17.8. The maximum absolute atomic E-state index is 14.0. The van der Waals surface area contributed by atoms with Gasteiger partial charge in [-0.1, -0.05) is 71.5 Å². The number of fused-ring (bicyclic) bond motifs is 1. The molecule has 1 N–H and O–H groups in total. The molecule has 0 aliphatic heterocycles. The Bertz CT molecular complexity index is 1710. The second-order valence-corrected chi connectivity index (χ2v) is 15.6. The molecule has 0 radical (unpaired) electrons. The third kappa shape index (κ3) is 10.4. The monoisotopic (exact) mass is 786 g/mol. The third-order valence-electron chi connectivity index (χ3n) is 9.84. The van der Waals surface area contributed by atoms with Gasteiger partial charge in [-0.25, -0.2) is 4.79 Å². The zero-order valence-corrected chi connectivity index (χ0v) is 33.8. The normalized spacial score (nSPS) is 31.9. The molecule has 2 aliphatic rings. The number of rotatable bonds is 9. The number of carbonyl (C=O) groups excluding carboxylic acids is 7. The van der Waals surface area contributed by atoms with Crippen molar-refractivity contribution in [1.82, 2.24) is 0 Å². The molecule has 308 valence electrons. The molecule has 0 saturated heterocycles. The van der Waals surface area contributed by atoms with Crippen LogP contribution in [-0.2, 0) is 61.9 Å². The average Bonchev–Trinajstić information content (AvgIpc) is 3.28. The van der Waals surface area contributed by atoms with Crippen molar-refractivity contribution in [2.75, 3.05) is 0 Å². The van der Waals surface area contributed by atoms with E-state index in [1.807, 2.05) is 0 Å². The van der Waals surface area contributed by atoms with E-state index in [0.29, 0.717) is 0 Å². The van der Waals surface area contributed by atoms with E-state index in [1.54, 1.807) is 51.1 Å². The van der Waals surface area contributed by atoms with Gasteiger partial charge in [0.2, 0.25) is 0 Å². The summed E-state index contributed by atoms with van der Waals surface area (Å²) >= 11 is 0. The third-order valence-corrected chi connectivity index (χ3v) is 9.84. The SMILES string of the molecule is C=C1[C@H](OC(=O)c2ccccc2)[C@H](OC(C)=O)[C@@H](OC(C)=O)C(C)(C)/C=C/[C@H](C)[C@@H](OC(C)=O)[C@@]2(O)C[C@@](C)(OC(C)=O)[C@H](OC(C)=O)[C@@H]2[C@H]1OC(=O)C(C)C. The summed E-state index contributed by atoms with van der Waals surface area (Å²) in [6, 6.07) is 7.73. The van der Waals surface area contributed by atoms with E-state index in [9.17, 15) is 38.7 Å². The van der Waals surface area contributed by atoms with Crippen LogP contribution in [0, 0.1) is 23.2 Å². The maximum Gasteiger partial charge on any atom is 0.338 e. The highest BCUT2D eigenvalue weighted by Gasteiger charge is 2.70. The van der Waals surface area contributed by atoms with Crippen molar-refractivity contribution in [3.05, 3.63) is 60.2 Å². The van der Waals surface area contributed by atoms with Crippen molar-refractivity contribution in [2.45, 2.75) is 130 Å². The number of esters is 7. The molecule has 0 spiro atoms. The van der Waals surface area contributed by atoms with Crippen molar-refractivity contribution in [1.29, 1.82) is 0 Å². The first-order valence-corrected chi connectivity index (χ1v) is 18.3. The summed E-state index contributed by atoms with van der Waals surface area (Å²) in [5.74, 6) is -9.46. The minimum absolute atomic E-state index is 0.0493. The fourth-order valence-corrected chi connectivity index (χ4v) is 7.58. The molecule has 3 rings (SSSR count). The lowest BCUT2D eigenvalue weighted by Gasteiger charge is -2.46. The highest BCUT2D eigenvalue weighted by Crippen LogP contribution is 2.54. The van der Waals surface area contributed by atoms with Crippen LogP contribution in [0.1, 0.15) is 92.9 Å². The average molecular weight is 787 g/mol. The molecule has 1 saturated carbocycles. The van der Waals surface area contributed by atoms with E-state index in [1.165, 1.54) is 32.9 Å². The fraction of sp³-hybridized carbons (Fsp3) is 0.585. The lowest BCUT2D eigenvalue weighted by molar-refractivity contribution is -0.200. The zero-order valence-electron chi connectivity index (χ0n) is 33.8. The van der Waals surface area contributed by atoms with Crippen molar-refractivity contribution in [3.8, 4) is 0 Å². The Kier molecular flexibility index (Phi) is 14.4. The van der Waals surface area contributed by atoms with Crippen LogP contribution < -0.4 is 0 Å². The van der Waals surface area contributed by atoms with Gasteiger partial charge in [0.05, 0.1) is 17.4 Å². The molecule has 0 unspecified atom stereocenters. The Hall–Kier alpha value is -5.05. The molecule has 1 fully saturated rings. The molecule has 0 bridgehead atoms. The second-order valence-electron chi connectivity index (χ2n) is 15.6. The predicted molar refractivity (Wildman–Crippen MR) is 197 cm³/mol. The fourth-order valence-electron chi connectivity index (χ4n) is 7.58. The molecule has 1 aromatic rings. The van der Waals surface area contributed by atoms with Gasteiger partial charge >= 0.3 is 41.8 Å². The van der Waals surface area contributed by atoms with E-state index in [-0.39, 0.29) is 11.1 Å². The minimum Gasteiger partial charge on any atom is -0.459 e. The Morgan fingerprint density at radius 3 is 1.73 bits per heavy atom. The first kappa shape index (κ1) is 45.3. The topological polar surface area (TPSA) is 204 Å². The van der Waals surface area contributed by atoms with E-state index >= 15 is 0 Å². The van der Waals surface area contributed by atoms with Gasteiger partial charge in [-0.15, -0.1) is 0 Å². The van der Waals surface area contributed by atoms with Gasteiger partial charge in [-0.3, -0.25) is 28.8 Å². The number of hydrogen-bond acceptors (Lipinski definition) is 15. The molecule has 0 heterocycles. The summed E-state index contributed by atoms with van der Waals surface area (Å²) in [4.78, 5) is 91.8. The van der Waals surface area contributed by atoms with E-state index in [4.69, 9.17) is 33.2 Å². The molecule has 0 amide bonds. The number of hydrogen-bond donors (Lipinski definition) is 1. The first-order valence-electron chi connectivity index (χ1n) is 18.3. The highest BCUT2D eigenvalue weighted by atomic mass is 16.6. The summed E-state index contributed by atoms with van der Waals surface area (Å²) in [5, 5.41) is 13.2. The summed E-state index contributed by atoms with van der Waals surface area (Å²) < 4.78 is 41.5. The van der Waals surface area contributed by atoms with Gasteiger partial charge in [0, 0.05) is 57.9 Å². The summed E-state index contributed by atoms with van der Waals surface area (Å²) in [6.07, 6.45) is -7.37. The smallest absolute Gasteiger partial charge is 0.338 e. The van der Waals surface area contributed by atoms with Crippen LogP contribution >= 0.6 is 0 Å². The molecule has 0 aromatic heterocycles. The Morgan fingerprint density at radius 1 is 0.714 bits per heavy atom. The van der Waals surface area contributed by atoms with Gasteiger partial charge in [0.25, 0.3) is 0 Å². The molecule has 2 aliphatic carbocycles. The lowest BCUT2D eigenvalue weighted by Crippen LogP contribution is -2.60. The molecule has 10 atom stereocenters. The van der Waals surface area contributed by atoms with Crippen molar-refractivity contribution in [2.24, 2.45) is 23.2 Å². The number of benzene rings is 1. The Balaban J connectivity index is 2.61. The Morgan fingerprint density at radius 2 is 1.23 bits per heavy atom. The molecule has 15 nitrogen and oxygen atoms in total. The number of aliphatic hydroxyl groups is 1. The highest BCUT2D eigenvalue weighted by molar-refractivity contribution is 5.89. The summed E-state index contributed by atoms with van der Waals surface area (Å²) in [6.45, 7) is 19.1. The number of ether oxygens (including phenoxy) is 7. The van der Waals surface area contributed by atoms with Crippen LogP contribution in [0.2, 0.25) is 0 Å². The quantitative estimate of drug-likeness (QED) is 0.210. The largest absolute Gasteiger partial charge is 0.459 e. The van der Waals surface area contributed by atoms with E-state index in [0.717, 1.165) is 34.6 Å². The van der Waals surface area contributed by atoms with Crippen molar-refractivity contribution in [3.63, 3.8) is 0 Å². The lowest BCUT2D eigenvalue weighted by atomic mass is 9.71. The van der Waals surface area contributed by atoms with E-state index < -0.39 is 119 Å². The van der Waals surface area contributed by atoms with Crippen LogP contribution in [0.5, 0.6) is 0 Å². The van der Waals surface area contributed by atoms with Crippen LogP contribution in [0.3, 0.4) is 0 Å². The standard InChI is InChI=1S/C41H54O15/c1-21(2)37(47)54-31-23(4)32(55-38(48)29-16-14-13-15-17-29)33(50-24(5)42)36(53-27(8)45)39(10,11)19-18-22(3)34(51-25(6)43)41(49)20-40(12,56-28(9)46)35(30(31)41)52-26(7)44/h13-19,21-22,30-36,49H,4,20H2,1-3,5-12H3/b19-18+/t22-,30-,31-,32-,33-,34+,35+,36+,40+,41+/m0/s1. The van der Waals surface area contributed by atoms with Crippen LogP contribution in [0.25, 0.3) is 0 Å². The van der Waals surface area contributed by atoms with Crippen LogP contribution in [0.4, 0.5) is 0 Å². The van der Waals surface area contributed by atoms with Gasteiger partial charge in [0.1, 0.15) is 23.4 Å². The molecule has 1 aromatic carbocycles. The van der Waals surface area contributed by atoms with Crippen LogP contribution in [-0.4, -0.2) is 94.7 Å².